The van der Waals surface area contributed by atoms with Crippen LogP contribution in [-0.2, 0) is 0 Å². The summed E-state index contributed by atoms with van der Waals surface area (Å²) >= 11 is 0. The zero-order valence-electron chi connectivity index (χ0n) is 10.8. The van der Waals surface area contributed by atoms with Gasteiger partial charge in [0.05, 0.1) is 0 Å². The van der Waals surface area contributed by atoms with Crippen molar-refractivity contribution in [2.45, 2.75) is 26.3 Å². The maximum atomic E-state index is 12.3. The highest BCUT2D eigenvalue weighted by atomic mass is 16.2. The van der Waals surface area contributed by atoms with Crippen LogP contribution < -0.4 is 11.2 Å². The number of aromatic amines is 1. The molecule has 0 saturated carbocycles. The van der Waals surface area contributed by atoms with Gasteiger partial charge in [-0.05, 0) is 19.3 Å². The standard InChI is InChI=1S/C13H19N3O2/c1-8-3-10(14)7-16(6-8)13(18)11-5-15-9(2)4-12(11)17/h4-5,8,10H,3,6-7,14H2,1-2H3,(H,15,17). The van der Waals surface area contributed by atoms with Gasteiger partial charge in [-0.2, -0.15) is 0 Å². The highest BCUT2D eigenvalue weighted by Crippen LogP contribution is 2.16. The summed E-state index contributed by atoms with van der Waals surface area (Å²) in [6.07, 6.45) is 2.42. The Kier molecular flexibility index (Phi) is 3.52. The fourth-order valence-corrected chi connectivity index (χ4v) is 2.48. The molecule has 0 aromatic carbocycles. The van der Waals surface area contributed by atoms with E-state index in [1.54, 1.807) is 11.8 Å². The monoisotopic (exact) mass is 249 g/mol. The number of likely N-dealkylation sites (tertiary alicyclic amines) is 1. The minimum atomic E-state index is -0.233. The summed E-state index contributed by atoms with van der Waals surface area (Å²) in [5.41, 5.74) is 6.63. The van der Waals surface area contributed by atoms with Crippen LogP contribution in [0.15, 0.2) is 17.1 Å². The smallest absolute Gasteiger partial charge is 0.259 e. The molecular formula is C13H19N3O2. The number of nitrogens with zero attached hydrogens (tertiary/aromatic N) is 1. The number of rotatable bonds is 1. The van der Waals surface area contributed by atoms with Gasteiger partial charge in [0, 0.05) is 37.1 Å². The first-order valence-electron chi connectivity index (χ1n) is 6.21. The van der Waals surface area contributed by atoms with E-state index in [9.17, 15) is 9.59 Å². The van der Waals surface area contributed by atoms with E-state index in [0.29, 0.717) is 19.0 Å². The number of carbonyl (C=O) groups excluding carboxylic acids is 1. The highest BCUT2D eigenvalue weighted by molar-refractivity contribution is 5.93. The van der Waals surface area contributed by atoms with Gasteiger partial charge in [-0.25, -0.2) is 0 Å². The molecule has 0 aliphatic carbocycles. The molecule has 2 unspecified atom stereocenters. The first kappa shape index (κ1) is 12.8. The van der Waals surface area contributed by atoms with E-state index in [-0.39, 0.29) is 22.9 Å². The zero-order chi connectivity index (χ0) is 13.3. The average molecular weight is 249 g/mol. The van der Waals surface area contributed by atoms with E-state index in [2.05, 4.69) is 11.9 Å². The van der Waals surface area contributed by atoms with Crippen LogP contribution in [0.2, 0.25) is 0 Å². The molecule has 2 rings (SSSR count). The van der Waals surface area contributed by atoms with Crippen molar-refractivity contribution < 1.29 is 4.79 Å². The van der Waals surface area contributed by atoms with E-state index in [1.807, 2.05) is 0 Å². The Morgan fingerprint density at radius 2 is 2.22 bits per heavy atom. The van der Waals surface area contributed by atoms with Gasteiger partial charge in [0.15, 0.2) is 5.43 Å². The van der Waals surface area contributed by atoms with Crippen LogP contribution >= 0.6 is 0 Å². The van der Waals surface area contributed by atoms with Crippen molar-refractivity contribution in [1.29, 1.82) is 0 Å². The van der Waals surface area contributed by atoms with Crippen LogP contribution in [0.25, 0.3) is 0 Å². The predicted molar refractivity (Wildman–Crippen MR) is 69.5 cm³/mol. The van der Waals surface area contributed by atoms with Crippen molar-refractivity contribution in [2.24, 2.45) is 11.7 Å². The maximum absolute atomic E-state index is 12.3. The molecule has 1 saturated heterocycles. The third-order valence-electron chi connectivity index (χ3n) is 3.27. The van der Waals surface area contributed by atoms with Crippen LogP contribution in [0.1, 0.15) is 29.4 Å². The number of hydrogen-bond acceptors (Lipinski definition) is 3. The largest absolute Gasteiger partial charge is 0.364 e. The Bertz CT molecular complexity index is 499. The molecule has 98 valence electrons. The highest BCUT2D eigenvalue weighted by Gasteiger charge is 2.27. The summed E-state index contributed by atoms with van der Waals surface area (Å²) in [4.78, 5) is 28.6. The summed E-state index contributed by atoms with van der Waals surface area (Å²) in [6, 6.07) is 1.45. The van der Waals surface area contributed by atoms with Crippen molar-refractivity contribution in [1.82, 2.24) is 9.88 Å². The first-order valence-corrected chi connectivity index (χ1v) is 6.21. The lowest BCUT2D eigenvalue weighted by atomic mass is 9.96. The third kappa shape index (κ3) is 2.61. The molecule has 5 nitrogen and oxygen atoms in total. The molecule has 2 heterocycles. The second kappa shape index (κ2) is 4.94. The van der Waals surface area contributed by atoms with Gasteiger partial charge in [-0.15, -0.1) is 0 Å². The summed E-state index contributed by atoms with van der Waals surface area (Å²) in [7, 11) is 0. The van der Waals surface area contributed by atoms with Crippen molar-refractivity contribution in [2.75, 3.05) is 13.1 Å². The second-order valence-corrected chi connectivity index (χ2v) is 5.21. The van der Waals surface area contributed by atoms with Crippen molar-refractivity contribution >= 4 is 5.91 Å². The molecule has 1 amide bonds. The summed E-state index contributed by atoms with van der Waals surface area (Å²) in [6.45, 7) is 5.05. The Morgan fingerprint density at radius 1 is 1.50 bits per heavy atom. The molecule has 1 fully saturated rings. The first-order chi connectivity index (χ1) is 8.47. The lowest BCUT2D eigenvalue weighted by molar-refractivity contribution is 0.0659. The van der Waals surface area contributed by atoms with Crippen LogP contribution in [0, 0.1) is 12.8 Å². The summed E-state index contributed by atoms with van der Waals surface area (Å²) < 4.78 is 0. The molecule has 1 aliphatic heterocycles. The molecule has 18 heavy (non-hydrogen) atoms. The fourth-order valence-electron chi connectivity index (χ4n) is 2.48. The quantitative estimate of drug-likeness (QED) is 0.760. The normalized spacial score (nSPS) is 24.1. The van der Waals surface area contributed by atoms with Gasteiger partial charge in [0.25, 0.3) is 5.91 Å². The topological polar surface area (TPSA) is 79.2 Å². The Hall–Kier alpha value is -1.62. The number of aromatic nitrogens is 1. The van der Waals surface area contributed by atoms with Gasteiger partial charge in [0.1, 0.15) is 5.56 Å². The average Bonchev–Trinajstić information content (AvgIpc) is 2.26. The number of hydrogen-bond donors (Lipinski definition) is 2. The molecule has 1 aliphatic rings. The molecular weight excluding hydrogens is 230 g/mol. The number of carbonyl (C=O) groups is 1. The molecule has 0 spiro atoms. The van der Waals surface area contributed by atoms with Crippen LogP contribution in [0.5, 0.6) is 0 Å². The van der Waals surface area contributed by atoms with Gasteiger partial charge in [-0.3, -0.25) is 9.59 Å². The Labute approximate surface area is 106 Å². The van der Waals surface area contributed by atoms with Gasteiger partial charge in [-0.1, -0.05) is 6.92 Å². The number of amides is 1. The number of nitrogens with two attached hydrogens (primary N) is 1. The Balaban J connectivity index is 2.23. The minimum absolute atomic E-state index is 0.00206. The number of aryl methyl sites for hydroxylation is 1. The molecule has 1 aromatic heterocycles. The SMILES string of the molecule is Cc1cc(=O)c(C(=O)N2CC(C)CC(N)C2)c[nH]1. The molecule has 0 radical (unpaired) electrons. The molecule has 3 N–H and O–H groups in total. The van der Waals surface area contributed by atoms with Gasteiger partial charge < -0.3 is 15.6 Å². The second-order valence-electron chi connectivity index (χ2n) is 5.21. The fraction of sp³-hybridized carbons (Fsp3) is 0.538. The maximum Gasteiger partial charge on any atom is 0.259 e. The number of nitrogens with one attached hydrogen (secondary N) is 1. The lowest BCUT2D eigenvalue weighted by Gasteiger charge is -2.34. The van der Waals surface area contributed by atoms with Crippen LogP contribution in [0.3, 0.4) is 0 Å². The van der Waals surface area contributed by atoms with E-state index in [0.717, 1.165) is 12.1 Å². The lowest BCUT2D eigenvalue weighted by Crippen LogP contribution is -2.49. The van der Waals surface area contributed by atoms with Crippen LogP contribution in [0.4, 0.5) is 0 Å². The molecule has 1 aromatic rings. The number of pyridine rings is 1. The van der Waals surface area contributed by atoms with Crippen molar-refractivity contribution in [3.8, 4) is 0 Å². The molecule has 0 bridgehead atoms. The van der Waals surface area contributed by atoms with E-state index in [4.69, 9.17) is 5.73 Å². The van der Waals surface area contributed by atoms with Gasteiger partial charge in [0.2, 0.25) is 0 Å². The third-order valence-corrected chi connectivity index (χ3v) is 3.27. The molecule has 2 atom stereocenters. The predicted octanol–water partition coefficient (Wildman–Crippen LogP) is 0.493. The van der Waals surface area contributed by atoms with Crippen LogP contribution in [-0.4, -0.2) is 34.9 Å². The minimum Gasteiger partial charge on any atom is -0.364 e. The Morgan fingerprint density at radius 3 is 2.83 bits per heavy atom. The zero-order valence-corrected chi connectivity index (χ0v) is 10.8. The van der Waals surface area contributed by atoms with E-state index in [1.165, 1.54) is 12.3 Å². The summed E-state index contributed by atoms with van der Waals surface area (Å²) in [5.74, 6) is 0.153. The van der Waals surface area contributed by atoms with Crippen molar-refractivity contribution in [3.63, 3.8) is 0 Å². The van der Waals surface area contributed by atoms with Crippen molar-refractivity contribution in [3.05, 3.63) is 33.7 Å². The molecule has 5 heteroatoms. The number of piperidine rings is 1. The van der Waals surface area contributed by atoms with E-state index < -0.39 is 0 Å². The van der Waals surface area contributed by atoms with Gasteiger partial charge >= 0.3 is 0 Å². The summed E-state index contributed by atoms with van der Waals surface area (Å²) in [5, 5.41) is 0. The number of H-pyrrole nitrogens is 1. The van der Waals surface area contributed by atoms with E-state index >= 15 is 0 Å².